The summed E-state index contributed by atoms with van der Waals surface area (Å²) in [6.45, 7) is 6.85. The first-order valence-electron chi connectivity index (χ1n) is 4.75. The van der Waals surface area contributed by atoms with E-state index in [4.69, 9.17) is 5.73 Å². The van der Waals surface area contributed by atoms with Crippen molar-refractivity contribution >= 4 is 0 Å². The van der Waals surface area contributed by atoms with Crippen LogP contribution in [0.2, 0.25) is 0 Å². The Labute approximate surface area is 70.4 Å². The molecule has 0 aromatic rings. The van der Waals surface area contributed by atoms with Crippen molar-refractivity contribution in [1.82, 2.24) is 0 Å². The molecule has 0 aromatic carbocycles. The normalized spacial score (nSPS) is 32.2. The molecule has 1 fully saturated rings. The van der Waals surface area contributed by atoms with Gasteiger partial charge in [0.15, 0.2) is 0 Å². The van der Waals surface area contributed by atoms with Crippen LogP contribution in [0.1, 0.15) is 46.5 Å². The zero-order valence-electron chi connectivity index (χ0n) is 8.06. The molecule has 66 valence electrons. The molecule has 1 saturated carbocycles. The Balaban J connectivity index is 2.31. The molecule has 2 N–H and O–H groups in total. The second-order valence-corrected chi connectivity index (χ2v) is 4.99. The van der Waals surface area contributed by atoms with E-state index < -0.39 is 0 Å². The second-order valence-electron chi connectivity index (χ2n) is 4.99. The van der Waals surface area contributed by atoms with Gasteiger partial charge in [0, 0.05) is 6.04 Å². The van der Waals surface area contributed by atoms with E-state index in [1.165, 1.54) is 25.7 Å². The Morgan fingerprint density at radius 2 is 2.18 bits per heavy atom. The van der Waals surface area contributed by atoms with Gasteiger partial charge in [0.25, 0.3) is 0 Å². The van der Waals surface area contributed by atoms with Crippen molar-refractivity contribution in [1.29, 1.82) is 0 Å². The molecular formula is C10H21N. The lowest BCUT2D eigenvalue weighted by Crippen LogP contribution is -2.19. The monoisotopic (exact) mass is 155 g/mol. The lowest BCUT2D eigenvalue weighted by atomic mass is 9.89. The molecule has 0 radical (unpaired) electrons. The maximum atomic E-state index is 5.76. The minimum Gasteiger partial charge on any atom is -0.328 e. The average molecular weight is 155 g/mol. The van der Waals surface area contributed by atoms with Crippen LogP contribution in [0.5, 0.6) is 0 Å². The van der Waals surface area contributed by atoms with Crippen LogP contribution in [-0.2, 0) is 0 Å². The molecule has 0 heterocycles. The van der Waals surface area contributed by atoms with Crippen LogP contribution in [0.15, 0.2) is 0 Å². The predicted octanol–water partition coefficient (Wildman–Crippen LogP) is 2.55. The Morgan fingerprint density at radius 3 is 2.55 bits per heavy atom. The highest BCUT2D eigenvalue weighted by Gasteiger charge is 2.30. The van der Waals surface area contributed by atoms with E-state index in [0.717, 1.165) is 5.92 Å². The van der Waals surface area contributed by atoms with E-state index in [9.17, 15) is 0 Å². The Bertz CT molecular complexity index is 127. The highest BCUT2D eigenvalue weighted by molar-refractivity contribution is 4.83. The SMILES string of the molecule is C[C@H](N)CC1CCC(C)(C)C1. The highest BCUT2D eigenvalue weighted by Crippen LogP contribution is 2.42. The smallest absolute Gasteiger partial charge is 0.00131 e. The summed E-state index contributed by atoms with van der Waals surface area (Å²) in [6.07, 6.45) is 5.40. The van der Waals surface area contributed by atoms with Crippen molar-refractivity contribution in [3.63, 3.8) is 0 Å². The molecule has 2 atom stereocenters. The van der Waals surface area contributed by atoms with Gasteiger partial charge in [-0.3, -0.25) is 0 Å². The van der Waals surface area contributed by atoms with E-state index in [-0.39, 0.29) is 0 Å². The standard InChI is InChI=1S/C10H21N/c1-8(11)6-9-4-5-10(2,3)7-9/h8-9H,4-7,11H2,1-3H3/t8-,9?/m0/s1. The van der Waals surface area contributed by atoms with E-state index in [2.05, 4.69) is 20.8 Å². The molecule has 1 nitrogen and oxygen atoms in total. The summed E-state index contributed by atoms with van der Waals surface area (Å²) in [7, 11) is 0. The van der Waals surface area contributed by atoms with E-state index >= 15 is 0 Å². The van der Waals surface area contributed by atoms with Crippen LogP contribution in [0.3, 0.4) is 0 Å². The fourth-order valence-electron chi connectivity index (χ4n) is 2.31. The summed E-state index contributed by atoms with van der Waals surface area (Å²) in [5.41, 5.74) is 6.36. The maximum Gasteiger partial charge on any atom is 0.00131 e. The molecule has 11 heavy (non-hydrogen) atoms. The third-order valence-corrected chi connectivity index (χ3v) is 2.78. The van der Waals surface area contributed by atoms with Gasteiger partial charge in [0.05, 0.1) is 0 Å². The van der Waals surface area contributed by atoms with Gasteiger partial charge in [-0.15, -0.1) is 0 Å². The fourth-order valence-corrected chi connectivity index (χ4v) is 2.31. The summed E-state index contributed by atoms with van der Waals surface area (Å²) in [5.74, 6) is 0.907. The maximum absolute atomic E-state index is 5.76. The van der Waals surface area contributed by atoms with Gasteiger partial charge in [-0.05, 0) is 43.9 Å². The number of hydrogen-bond acceptors (Lipinski definition) is 1. The first-order valence-corrected chi connectivity index (χ1v) is 4.75. The molecule has 0 saturated heterocycles. The van der Waals surface area contributed by atoms with Gasteiger partial charge in [-0.1, -0.05) is 13.8 Å². The van der Waals surface area contributed by atoms with Crippen molar-refractivity contribution in [2.45, 2.75) is 52.5 Å². The van der Waals surface area contributed by atoms with E-state index in [0.29, 0.717) is 11.5 Å². The first-order chi connectivity index (χ1) is 4.99. The van der Waals surface area contributed by atoms with Crippen molar-refractivity contribution in [3.05, 3.63) is 0 Å². The van der Waals surface area contributed by atoms with Crippen molar-refractivity contribution in [2.24, 2.45) is 17.1 Å². The Hall–Kier alpha value is -0.0400. The van der Waals surface area contributed by atoms with E-state index in [1.54, 1.807) is 0 Å². The molecule has 1 unspecified atom stereocenters. The molecule has 0 aromatic heterocycles. The summed E-state index contributed by atoms with van der Waals surface area (Å²) in [6, 6.07) is 0.397. The Kier molecular flexibility index (Phi) is 2.58. The van der Waals surface area contributed by atoms with Gasteiger partial charge < -0.3 is 5.73 Å². The van der Waals surface area contributed by atoms with E-state index in [1.807, 2.05) is 0 Å². The van der Waals surface area contributed by atoms with Crippen LogP contribution in [0, 0.1) is 11.3 Å². The lowest BCUT2D eigenvalue weighted by Gasteiger charge is -2.17. The fraction of sp³-hybridized carbons (Fsp3) is 1.00. The first kappa shape index (κ1) is 9.05. The lowest BCUT2D eigenvalue weighted by molar-refractivity contribution is 0.347. The van der Waals surface area contributed by atoms with Gasteiger partial charge in [0.2, 0.25) is 0 Å². The average Bonchev–Trinajstić information content (AvgIpc) is 2.08. The highest BCUT2D eigenvalue weighted by atomic mass is 14.6. The van der Waals surface area contributed by atoms with Crippen LogP contribution in [0.25, 0.3) is 0 Å². The zero-order chi connectivity index (χ0) is 8.48. The van der Waals surface area contributed by atoms with Gasteiger partial charge in [-0.25, -0.2) is 0 Å². The summed E-state index contributed by atoms with van der Waals surface area (Å²) < 4.78 is 0. The van der Waals surface area contributed by atoms with Crippen molar-refractivity contribution < 1.29 is 0 Å². The van der Waals surface area contributed by atoms with Crippen LogP contribution < -0.4 is 5.73 Å². The van der Waals surface area contributed by atoms with Crippen LogP contribution in [0.4, 0.5) is 0 Å². The molecule has 0 amide bonds. The van der Waals surface area contributed by atoms with Crippen molar-refractivity contribution in [2.75, 3.05) is 0 Å². The summed E-state index contributed by atoms with van der Waals surface area (Å²) >= 11 is 0. The molecule has 0 bridgehead atoms. The molecular weight excluding hydrogens is 134 g/mol. The van der Waals surface area contributed by atoms with Crippen LogP contribution >= 0.6 is 0 Å². The second kappa shape index (κ2) is 3.14. The number of hydrogen-bond donors (Lipinski definition) is 1. The molecule has 1 aliphatic carbocycles. The zero-order valence-corrected chi connectivity index (χ0v) is 8.06. The molecule has 0 aliphatic heterocycles. The third-order valence-electron chi connectivity index (χ3n) is 2.78. The molecule has 0 spiro atoms. The summed E-state index contributed by atoms with van der Waals surface area (Å²) in [5, 5.41) is 0. The van der Waals surface area contributed by atoms with Crippen molar-refractivity contribution in [3.8, 4) is 0 Å². The number of rotatable bonds is 2. The summed E-state index contributed by atoms with van der Waals surface area (Å²) in [4.78, 5) is 0. The van der Waals surface area contributed by atoms with Gasteiger partial charge in [0.1, 0.15) is 0 Å². The predicted molar refractivity (Wildman–Crippen MR) is 49.4 cm³/mol. The third kappa shape index (κ3) is 2.82. The minimum absolute atomic E-state index is 0.397. The quantitative estimate of drug-likeness (QED) is 0.651. The molecule has 1 aliphatic rings. The Morgan fingerprint density at radius 1 is 1.55 bits per heavy atom. The van der Waals surface area contributed by atoms with Gasteiger partial charge >= 0.3 is 0 Å². The topological polar surface area (TPSA) is 26.0 Å². The number of nitrogens with two attached hydrogens (primary N) is 1. The molecule has 1 rings (SSSR count). The largest absolute Gasteiger partial charge is 0.328 e. The van der Waals surface area contributed by atoms with Crippen LogP contribution in [-0.4, -0.2) is 6.04 Å². The minimum atomic E-state index is 0.397. The van der Waals surface area contributed by atoms with Gasteiger partial charge in [-0.2, -0.15) is 0 Å². The molecule has 1 heteroatoms.